The predicted octanol–water partition coefficient (Wildman–Crippen LogP) is 1.43. The molecule has 0 spiro atoms. The van der Waals surface area contributed by atoms with Gasteiger partial charge < -0.3 is 5.32 Å². The van der Waals surface area contributed by atoms with Gasteiger partial charge in [0.05, 0.1) is 0 Å². The summed E-state index contributed by atoms with van der Waals surface area (Å²) in [5, 5.41) is 4.43. The van der Waals surface area contributed by atoms with Crippen LogP contribution in [-0.2, 0) is 0 Å². The highest BCUT2D eigenvalue weighted by Gasteiger charge is 2.09. The fourth-order valence-electron chi connectivity index (χ4n) is 1.55. The maximum atomic E-state index is 4.42. The van der Waals surface area contributed by atoms with Crippen molar-refractivity contribution in [2.75, 3.05) is 11.9 Å². The average molecular weight is 300 g/mol. The Morgan fingerprint density at radius 1 is 1.19 bits per heavy atom. The van der Waals surface area contributed by atoms with Crippen molar-refractivity contribution in [3.63, 3.8) is 0 Å². The van der Waals surface area contributed by atoms with Gasteiger partial charge in [-0.3, -0.25) is 4.57 Å². The highest BCUT2D eigenvalue weighted by Crippen LogP contribution is 2.23. The van der Waals surface area contributed by atoms with Crippen molar-refractivity contribution >= 4 is 17.7 Å². The summed E-state index contributed by atoms with van der Waals surface area (Å²) in [6.07, 6.45) is 8.27. The number of hydrogen-bond donors (Lipinski definition) is 1. The molecule has 0 fully saturated rings. The Morgan fingerprint density at radius 2 is 2.14 bits per heavy atom. The molecule has 0 aromatic carbocycles. The number of nitrogens with one attached hydrogen (secondary N) is 1. The third-order valence-corrected chi connectivity index (χ3v) is 3.24. The maximum absolute atomic E-state index is 4.42. The molecule has 0 amide bonds. The molecule has 9 heteroatoms. The van der Waals surface area contributed by atoms with Crippen LogP contribution >= 0.6 is 11.8 Å². The lowest BCUT2D eigenvalue weighted by Gasteiger charge is -2.07. The van der Waals surface area contributed by atoms with E-state index in [1.54, 1.807) is 35.6 Å². The zero-order valence-corrected chi connectivity index (χ0v) is 12.0. The molecule has 21 heavy (non-hydrogen) atoms. The topological polar surface area (TPSA) is 94.3 Å². The van der Waals surface area contributed by atoms with Gasteiger partial charge in [-0.05, 0) is 24.8 Å². The first-order valence-electron chi connectivity index (χ1n) is 6.27. The molecule has 3 heterocycles. The van der Waals surface area contributed by atoms with E-state index >= 15 is 0 Å². The molecule has 0 atom stereocenters. The summed E-state index contributed by atoms with van der Waals surface area (Å²) in [6.45, 7) is 2.71. The Kier molecular flexibility index (Phi) is 4.01. The molecule has 3 aromatic rings. The third-order valence-electron chi connectivity index (χ3n) is 2.42. The Labute approximate surface area is 125 Å². The second kappa shape index (κ2) is 6.27. The summed E-state index contributed by atoms with van der Waals surface area (Å²) >= 11 is 1.35. The maximum Gasteiger partial charge on any atom is 0.240 e. The minimum absolute atomic E-state index is 0.509. The number of imidazole rings is 1. The van der Waals surface area contributed by atoms with E-state index in [4.69, 9.17) is 0 Å². The molecule has 0 saturated heterocycles. The Hall–Kier alpha value is -2.55. The number of anilines is 1. The van der Waals surface area contributed by atoms with E-state index in [-0.39, 0.29) is 0 Å². The second-order valence-electron chi connectivity index (χ2n) is 3.89. The van der Waals surface area contributed by atoms with Crippen LogP contribution in [0.3, 0.4) is 0 Å². The fourth-order valence-corrected chi connectivity index (χ4v) is 2.23. The molecule has 106 valence electrons. The molecule has 0 aliphatic heterocycles. The standard InChI is InChI=1S/C12H12N8S/c1-2-15-10-17-11(20-6-5-14-8-20)19-12(18-10)21-9-3-4-13-7-16-9/h3-8H,2H2,1H3,(H,15,17,18,19). The molecule has 0 saturated carbocycles. The van der Waals surface area contributed by atoms with Crippen molar-refractivity contribution < 1.29 is 0 Å². The van der Waals surface area contributed by atoms with E-state index < -0.39 is 0 Å². The van der Waals surface area contributed by atoms with Crippen LogP contribution in [0.4, 0.5) is 5.95 Å². The fraction of sp³-hybridized carbons (Fsp3) is 0.167. The lowest BCUT2D eigenvalue weighted by atomic mass is 10.7. The van der Waals surface area contributed by atoms with Crippen LogP contribution < -0.4 is 5.32 Å². The third kappa shape index (κ3) is 3.31. The highest BCUT2D eigenvalue weighted by molar-refractivity contribution is 7.99. The summed E-state index contributed by atoms with van der Waals surface area (Å²) in [6, 6.07) is 1.80. The molecule has 0 bridgehead atoms. The minimum Gasteiger partial charge on any atom is -0.354 e. The summed E-state index contributed by atoms with van der Waals surface area (Å²) in [4.78, 5) is 25.2. The first-order chi connectivity index (χ1) is 10.3. The lowest BCUT2D eigenvalue weighted by Crippen LogP contribution is -2.08. The number of rotatable bonds is 5. The summed E-state index contributed by atoms with van der Waals surface area (Å²) in [7, 11) is 0. The van der Waals surface area contributed by atoms with E-state index in [1.165, 1.54) is 18.1 Å². The largest absolute Gasteiger partial charge is 0.354 e. The summed E-state index contributed by atoms with van der Waals surface area (Å²) in [5.41, 5.74) is 0. The molecule has 0 aliphatic rings. The average Bonchev–Trinajstić information content (AvgIpc) is 3.03. The van der Waals surface area contributed by atoms with E-state index in [0.29, 0.717) is 17.1 Å². The molecule has 3 aromatic heterocycles. The summed E-state index contributed by atoms with van der Waals surface area (Å²) in [5.74, 6) is 1.03. The van der Waals surface area contributed by atoms with Gasteiger partial charge in [-0.2, -0.15) is 15.0 Å². The quantitative estimate of drug-likeness (QED) is 0.707. The van der Waals surface area contributed by atoms with Gasteiger partial charge in [0.25, 0.3) is 0 Å². The van der Waals surface area contributed by atoms with Crippen LogP contribution in [0.25, 0.3) is 5.95 Å². The number of nitrogens with zero attached hydrogens (tertiary/aromatic N) is 7. The zero-order chi connectivity index (χ0) is 14.5. The smallest absolute Gasteiger partial charge is 0.240 e. The van der Waals surface area contributed by atoms with Crippen molar-refractivity contribution in [1.29, 1.82) is 0 Å². The van der Waals surface area contributed by atoms with Crippen LogP contribution in [0.15, 0.2) is 47.5 Å². The van der Waals surface area contributed by atoms with Crippen LogP contribution in [0.1, 0.15) is 6.92 Å². The van der Waals surface area contributed by atoms with E-state index in [2.05, 4.69) is 35.2 Å². The lowest BCUT2D eigenvalue weighted by molar-refractivity contribution is 0.822. The van der Waals surface area contributed by atoms with Crippen molar-refractivity contribution in [2.45, 2.75) is 17.1 Å². The molecular weight excluding hydrogens is 288 g/mol. The first kappa shape index (κ1) is 13.4. The first-order valence-corrected chi connectivity index (χ1v) is 7.09. The Balaban J connectivity index is 1.95. The van der Waals surface area contributed by atoms with E-state index in [0.717, 1.165) is 11.6 Å². The van der Waals surface area contributed by atoms with Gasteiger partial charge in [-0.1, -0.05) is 0 Å². The minimum atomic E-state index is 0.509. The van der Waals surface area contributed by atoms with Crippen LogP contribution in [0.2, 0.25) is 0 Å². The highest BCUT2D eigenvalue weighted by atomic mass is 32.2. The molecule has 8 nitrogen and oxygen atoms in total. The van der Waals surface area contributed by atoms with Gasteiger partial charge in [0.2, 0.25) is 17.1 Å². The van der Waals surface area contributed by atoms with E-state index in [1.807, 2.05) is 6.92 Å². The molecule has 0 unspecified atom stereocenters. The Morgan fingerprint density at radius 3 is 2.86 bits per heavy atom. The monoisotopic (exact) mass is 300 g/mol. The van der Waals surface area contributed by atoms with Crippen molar-refractivity contribution in [3.05, 3.63) is 37.3 Å². The molecule has 1 N–H and O–H groups in total. The van der Waals surface area contributed by atoms with Crippen LogP contribution in [0.5, 0.6) is 0 Å². The number of aromatic nitrogens is 7. The van der Waals surface area contributed by atoms with E-state index in [9.17, 15) is 0 Å². The molecule has 0 radical (unpaired) electrons. The van der Waals surface area contributed by atoms with Crippen molar-refractivity contribution in [3.8, 4) is 5.95 Å². The second-order valence-corrected chi connectivity index (χ2v) is 4.88. The normalized spacial score (nSPS) is 10.5. The summed E-state index contributed by atoms with van der Waals surface area (Å²) < 4.78 is 1.73. The zero-order valence-electron chi connectivity index (χ0n) is 11.2. The number of hydrogen-bond acceptors (Lipinski definition) is 8. The van der Waals surface area contributed by atoms with Crippen LogP contribution in [-0.4, -0.2) is 41.0 Å². The van der Waals surface area contributed by atoms with Crippen LogP contribution in [0, 0.1) is 0 Å². The van der Waals surface area contributed by atoms with Gasteiger partial charge in [-0.15, -0.1) is 0 Å². The molecule has 3 rings (SSSR count). The van der Waals surface area contributed by atoms with Gasteiger partial charge >= 0.3 is 0 Å². The van der Waals surface area contributed by atoms with Gasteiger partial charge in [0, 0.05) is 25.1 Å². The Bertz CT molecular complexity index is 701. The molecule has 0 aliphatic carbocycles. The van der Waals surface area contributed by atoms with Gasteiger partial charge in [0.1, 0.15) is 17.7 Å². The predicted molar refractivity (Wildman–Crippen MR) is 77.3 cm³/mol. The van der Waals surface area contributed by atoms with Gasteiger partial charge in [-0.25, -0.2) is 15.0 Å². The van der Waals surface area contributed by atoms with Crippen molar-refractivity contribution in [1.82, 2.24) is 34.5 Å². The van der Waals surface area contributed by atoms with Crippen molar-refractivity contribution in [2.24, 2.45) is 0 Å². The SMILES string of the molecule is CCNc1nc(Sc2ccncn2)nc(-n2ccnc2)n1. The molecular formula is C12H12N8S. The van der Waals surface area contributed by atoms with Gasteiger partial charge in [0.15, 0.2) is 0 Å².